The second-order valence-corrected chi connectivity index (χ2v) is 5.56. The molecular formula is C14H16N2O6. The summed E-state index contributed by atoms with van der Waals surface area (Å²) in [5.74, 6) is -2.15. The number of carbonyl (C=O) groups excluding carboxylic acids is 1. The molecule has 0 bridgehead atoms. The zero-order valence-corrected chi connectivity index (χ0v) is 11.8. The number of nitro groups is 1. The normalized spacial score (nSPS) is 21.8. The number of hydrogen-bond donors (Lipinski definition) is 2. The first kappa shape index (κ1) is 14.7. The van der Waals surface area contributed by atoms with Crippen molar-refractivity contribution >= 4 is 11.5 Å². The molecule has 1 unspecified atom stereocenters. The monoisotopic (exact) mass is 308 g/mol. The number of nitrogens with zero attached hydrogens (tertiary/aromatic N) is 2. The van der Waals surface area contributed by atoms with E-state index in [1.54, 1.807) is 0 Å². The van der Waals surface area contributed by atoms with Gasteiger partial charge in [-0.05, 0) is 18.1 Å². The van der Waals surface area contributed by atoms with Crippen LogP contribution in [-0.4, -0.2) is 58.7 Å². The van der Waals surface area contributed by atoms with Crippen LogP contribution in [0.1, 0.15) is 15.9 Å². The molecule has 2 aliphatic rings. The third-order valence-corrected chi connectivity index (χ3v) is 4.18. The van der Waals surface area contributed by atoms with Crippen LogP contribution in [0.3, 0.4) is 0 Å². The molecule has 1 saturated heterocycles. The number of rotatable bonds is 3. The SMILES string of the molecule is O=C1c2c(cc(O)c(O)c2[N+](=O)[O-])CC1CN1CCOCC1. The van der Waals surface area contributed by atoms with Gasteiger partial charge in [0.05, 0.1) is 18.1 Å². The molecule has 8 nitrogen and oxygen atoms in total. The van der Waals surface area contributed by atoms with Gasteiger partial charge < -0.3 is 14.9 Å². The van der Waals surface area contributed by atoms with Crippen LogP contribution in [0, 0.1) is 16.0 Å². The smallest absolute Gasteiger partial charge is 0.325 e. The van der Waals surface area contributed by atoms with Gasteiger partial charge in [-0.3, -0.25) is 19.8 Å². The third-order valence-electron chi connectivity index (χ3n) is 4.18. The predicted octanol–water partition coefficient (Wildman–Crippen LogP) is 0.693. The van der Waals surface area contributed by atoms with Crippen LogP contribution in [0.2, 0.25) is 0 Å². The molecule has 0 aromatic heterocycles. The van der Waals surface area contributed by atoms with E-state index in [1.807, 2.05) is 0 Å². The molecule has 1 heterocycles. The van der Waals surface area contributed by atoms with Gasteiger partial charge in [0.25, 0.3) is 0 Å². The van der Waals surface area contributed by atoms with E-state index in [9.17, 15) is 25.1 Å². The van der Waals surface area contributed by atoms with Crippen LogP contribution in [-0.2, 0) is 11.2 Å². The van der Waals surface area contributed by atoms with Crippen molar-refractivity contribution in [3.8, 4) is 11.5 Å². The summed E-state index contributed by atoms with van der Waals surface area (Å²) in [5.41, 5.74) is -0.340. The van der Waals surface area contributed by atoms with Gasteiger partial charge in [-0.15, -0.1) is 0 Å². The van der Waals surface area contributed by atoms with Crippen molar-refractivity contribution in [1.82, 2.24) is 4.90 Å². The topological polar surface area (TPSA) is 113 Å². The second-order valence-electron chi connectivity index (χ2n) is 5.56. The lowest BCUT2D eigenvalue weighted by atomic mass is 10.0. The number of benzene rings is 1. The van der Waals surface area contributed by atoms with E-state index < -0.39 is 28.0 Å². The molecule has 0 amide bonds. The highest BCUT2D eigenvalue weighted by Gasteiger charge is 2.40. The van der Waals surface area contributed by atoms with E-state index in [0.717, 1.165) is 13.1 Å². The number of hydrogen-bond acceptors (Lipinski definition) is 7. The molecule has 1 atom stereocenters. The van der Waals surface area contributed by atoms with Gasteiger partial charge in [0.1, 0.15) is 5.56 Å². The standard InChI is InChI=1S/C14H16N2O6/c17-10-6-8-5-9(7-15-1-3-22-4-2-15)13(18)11(8)12(14(10)19)16(20)21/h6,9,17,19H,1-5,7H2. The molecule has 1 aliphatic carbocycles. The van der Waals surface area contributed by atoms with E-state index in [-0.39, 0.29) is 11.3 Å². The number of carbonyl (C=O) groups is 1. The Labute approximate surface area is 126 Å². The van der Waals surface area contributed by atoms with E-state index in [4.69, 9.17) is 4.74 Å². The van der Waals surface area contributed by atoms with Crippen molar-refractivity contribution in [3.05, 3.63) is 27.3 Å². The Balaban J connectivity index is 1.90. The number of ether oxygens (including phenoxy) is 1. The summed E-state index contributed by atoms with van der Waals surface area (Å²) >= 11 is 0. The highest BCUT2D eigenvalue weighted by molar-refractivity contribution is 6.07. The number of aromatic hydroxyl groups is 2. The number of ketones is 1. The molecule has 2 N–H and O–H groups in total. The fraction of sp³-hybridized carbons (Fsp3) is 0.500. The summed E-state index contributed by atoms with van der Waals surface area (Å²) in [6.07, 6.45) is 0.334. The molecule has 118 valence electrons. The fourth-order valence-electron chi connectivity index (χ4n) is 3.12. The maximum absolute atomic E-state index is 12.5. The fourth-order valence-corrected chi connectivity index (χ4v) is 3.12. The minimum atomic E-state index is -0.843. The summed E-state index contributed by atoms with van der Waals surface area (Å²) in [4.78, 5) is 24.9. The van der Waals surface area contributed by atoms with Gasteiger partial charge in [0.15, 0.2) is 11.5 Å². The van der Waals surface area contributed by atoms with Gasteiger partial charge in [-0.1, -0.05) is 0 Å². The molecule has 1 aromatic carbocycles. The van der Waals surface area contributed by atoms with E-state index in [0.29, 0.717) is 31.7 Å². The molecule has 0 radical (unpaired) electrons. The lowest BCUT2D eigenvalue weighted by Gasteiger charge is -2.28. The molecule has 1 aromatic rings. The van der Waals surface area contributed by atoms with Crippen molar-refractivity contribution in [2.24, 2.45) is 5.92 Å². The Kier molecular flexibility index (Phi) is 3.71. The van der Waals surface area contributed by atoms with Crippen molar-refractivity contribution in [2.75, 3.05) is 32.8 Å². The number of fused-ring (bicyclic) bond motifs is 1. The summed E-state index contributed by atoms with van der Waals surface area (Å²) in [5, 5.41) is 30.4. The average Bonchev–Trinajstić information content (AvgIpc) is 2.77. The maximum atomic E-state index is 12.5. The first-order chi connectivity index (χ1) is 10.5. The molecule has 22 heavy (non-hydrogen) atoms. The van der Waals surface area contributed by atoms with Gasteiger partial charge in [-0.25, -0.2) is 0 Å². The third kappa shape index (κ3) is 2.40. The van der Waals surface area contributed by atoms with Gasteiger partial charge in [0.2, 0.25) is 5.75 Å². The average molecular weight is 308 g/mol. The van der Waals surface area contributed by atoms with Crippen LogP contribution in [0.4, 0.5) is 5.69 Å². The molecule has 0 spiro atoms. The van der Waals surface area contributed by atoms with Crippen LogP contribution >= 0.6 is 0 Å². The van der Waals surface area contributed by atoms with Gasteiger partial charge in [-0.2, -0.15) is 0 Å². The Morgan fingerprint density at radius 1 is 1.36 bits per heavy atom. The number of morpholine rings is 1. The zero-order chi connectivity index (χ0) is 15.9. The highest BCUT2D eigenvalue weighted by atomic mass is 16.6. The summed E-state index contributed by atoms with van der Waals surface area (Å²) in [6.45, 7) is 3.15. The van der Waals surface area contributed by atoms with Crippen molar-refractivity contribution < 1.29 is 24.7 Å². The van der Waals surface area contributed by atoms with Crippen molar-refractivity contribution in [2.45, 2.75) is 6.42 Å². The molecule has 8 heteroatoms. The molecule has 1 fully saturated rings. The van der Waals surface area contributed by atoms with Gasteiger partial charge in [0, 0.05) is 25.6 Å². The Morgan fingerprint density at radius 2 is 2.05 bits per heavy atom. The number of phenols is 2. The summed E-state index contributed by atoms with van der Waals surface area (Å²) < 4.78 is 5.25. The first-order valence-electron chi connectivity index (χ1n) is 7.05. The van der Waals surface area contributed by atoms with Crippen molar-refractivity contribution in [1.29, 1.82) is 0 Å². The Morgan fingerprint density at radius 3 is 2.68 bits per heavy atom. The second kappa shape index (κ2) is 5.54. The molecule has 0 saturated carbocycles. The Hall–Kier alpha value is -2.19. The largest absolute Gasteiger partial charge is 0.504 e. The molecular weight excluding hydrogens is 292 g/mol. The molecule has 3 rings (SSSR count). The van der Waals surface area contributed by atoms with Crippen LogP contribution in [0.25, 0.3) is 0 Å². The lowest BCUT2D eigenvalue weighted by Crippen LogP contribution is -2.40. The van der Waals surface area contributed by atoms with E-state index >= 15 is 0 Å². The van der Waals surface area contributed by atoms with Crippen LogP contribution in [0.5, 0.6) is 11.5 Å². The molecule has 1 aliphatic heterocycles. The van der Waals surface area contributed by atoms with Gasteiger partial charge >= 0.3 is 5.69 Å². The number of phenolic OH excluding ortho intramolecular Hbond substituents is 2. The zero-order valence-electron chi connectivity index (χ0n) is 11.8. The summed E-state index contributed by atoms with van der Waals surface area (Å²) in [7, 11) is 0. The first-order valence-corrected chi connectivity index (χ1v) is 7.05. The quantitative estimate of drug-likeness (QED) is 0.480. The lowest BCUT2D eigenvalue weighted by molar-refractivity contribution is -0.386. The summed E-state index contributed by atoms with van der Waals surface area (Å²) in [6, 6.07) is 1.24. The highest BCUT2D eigenvalue weighted by Crippen LogP contribution is 2.44. The number of nitro benzene ring substituents is 1. The maximum Gasteiger partial charge on any atom is 0.325 e. The Bertz CT molecular complexity index is 639. The van der Waals surface area contributed by atoms with E-state index in [2.05, 4.69) is 4.90 Å². The minimum absolute atomic E-state index is 0.0708. The predicted molar refractivity (Wildman–Crippen MR) is 75.2 cm³/mol. The minimum Gasteiger partial charge on any atom is -0.504 e. The van der Waals surface area contributed by atoms with Crippen molar-refractivity contribution in [3.63, 3.8) is 0 Å². The van der Waals surface area contributed by atoms with E-state index in [1.165, 1.54) is 6.07 Å². The van der Waals surface area contributed by atoms with Crippen LogP contribution in [0.15, 0.2) is 6.07 Å². The number of Topliss-reactive ketones (excluding diaryl/α,β-unsaturated/α-hetero) is 1. The van der Waals surface area contributed by atoms with Crippen LogP contribution < -0.4 is 0 Å².